The van der Waals surface area contributed by atoms with Crippen molar-refractivity contribution in [1.29, 1.82) is 0 Å². The van der Waals surface area contributed by atoms with Gasteiger partial charge in [-0.25, -0.2) is 0 Å². The number of amides is 2. The van der Waals surface area contributed by atoms with Crippen LogP contribution in [0.2, 0.25) is 0 Å². The van der Waals surface area contributed by atoms with Crippen LogP contribution < -0.4 is 20.3 Å². The number of methoxy groups -OCH3 is 1. The van der Waals surface area contributed by atoms with E-state index in [0.717, 1.165) is 5.69 Å². The Morgan fingerprint density at radius 3 is 2.33 bits per heavy atom. The van der Waals surface area contributed by atoms with E-state index in [-0.39, 0.29) is 16.9 Å². The maximum Gasteiger partial charge on any atom is 0.258 e. The smallest absolute Gasteiger partial charge is 0.258 e. The van der Waals surface area contributed by atoms with Gasteiger partial charge < -0.3 is 19.7 Å². The zero-order valence-corrected chi connectivity index (χ0v) is 19.2. The molecule has 0 saturated heterocycles. The molecule has 0 spiro atoms. The van der Waals surface area contributed by atoms with E-state index >= 15 is 0 Å². The Bertz CT molecular complexity index is 1100. The molecule has 0 atom stereocenters. The van der Waals surface area contributed by atoms with E-state index in [1.807, 2.05) is 30.3 Å². The molecule has 33 heavy (non-hydrogen) atoms. The Morgan fingerprint density at radius 2 is 1.64 bits per heavy atom. The van der Waals surface area contributed by atoms with E-state index in [1.165, 1.54) is 0 Å². The molecule has 0 aliphatic carbocycles. The summed E-state index contributed by atoms with van der Waals surface area (Å²) < 4.78 is 10.4. The molecule has 8 heteroatoms. The summed E-state index contributed by atoms with van der Waals surface area (Å²) in [4.78, 5) is 26.9. The van der Waals surface area contributed by atoms with Crippen molar-refractivity contribution in [2.75, 3.05) is 37.6 Å². The topological polar surface area (TPSA) is 79.9 Å². The number of thiocarbonyl (C=S) groups is 1. The summed E-state index contributed by atoms with van der Waals surface area (Å²) in [5.74, 6) is 0.130. The molecule has 170 valence electrons. The first-order valence-electron chi connectivity index (χ1n) is 10.2. The van der Waals surface area contributed by atoms with Crippen LogP contribution >= 0.6 is 12.2 Å². The SMILES string of the molecule is COCCOc1ccc(C(=O)NC(=S)Nc2cccc(C(=O)N(C)c3ccccc3)c2)cc1. The second-order valence-corrected chi connectivity index (χ2v) is 7.46. The van der Waals surface area contributed by atoms with Crippen LogP contribution in [0.1, 0.15) is 20.7 Å². The van der Waals surface area contributed by atoms with Gasteiger partial charge in [0.05, 0.1) is 6.61 Å². The number of nitrogens with zero attached hydrogens (tertiary/aromatic N) is 1. The average Bonchev–Trinajstić information content (AvgIpc) is 2.84. The standard InChI is InChI=1S/C25H25N3O4S/c1-28(21-9-4-3-5-10-21)24(30)19-7-6-8-20(17-19)26-25(33)27-23(29)18-11-13-22(14-12-18)32-16-15-31-2/h3-14,17H,15-16H2,1-2H3,(H2,26,27,29,33). The van der Waals surface area contributed by atoms with Gasteiger partial charge in [0.2, 0.25) is 0 Å². The fraction of sp³-hybridized carbons (Fsp3) is 0.160. The van der Waals surface area contributed by atoms with Gasteiger partial charge in [-0.3, -0.25) is 14.9 Å². The highest BCUT2D eigenvalue weighted by atomic mass is 32.1. The second-order valence-electron chi connectivity index (χ2n) is 7.05. The van der Waals surface area contributed by atoms with Gasteiger partial charge in [-0.05, 0) is 66.8 Å². The third-order valence-electron chi connectivity index (χ3n) is 4.72. The molecule has 3 aromatic carbocycles. The van der Waals surface area contributed by atoms with Gasteiger partial charge >= 0.3 is 0 Å². The highest BCUT2D eigenvalue weighted by Crippen LogP contribution is 2.18. The van der Waals surface area contributed by atoms with Gasteiger partial charge in [-0.15, -0.1) is 0 Å². The zero-order chi connectivity index (χ0) is 23.6. The summed E-state index contributed by atoms with van der Waals surface area (Å²) >= 11 is 5.27. The molecule has 0 bridgehead atoms. The summed E-state index contributed by atoms with van der Waals surface area (Å²) in [5.41, 5.74) is 2.31. The second kappa shape index (κ2) is 11.8. The molecule has 7 nitrogen and oxygen atoms in total. The molecule has 3 rings (SSSR count). The first kappa shape index (κ1) is 23.9. The maximum atomic E-state index is 12.8. The van der Waals surface area contributed by atoms with Gasteiger partial charge in [0, 0.05) is 36.7 Å². The summed E-state index contributed by atoms with van der Waals surface area (Å²) in [5, 5.41) is 5.72. The third-order valence-corrected chi connectivity index (χ3v) is 4.92. The lowest BCUT2D eigenvalue weighted by atomic mass is 10.1. The Kier molecular flexibility index (Phi) is 8.51. The molecule has 0 heterocycles. The van der Waals surface area contributed by atoms with Crippen LogP contribution in [0.25, 0.3) is 0 Å². The number of benzene rings is 3. The molecule has 0 unspecified atom stereocenters. The summed E-state index contributed by atoms with van der Waals surface area (Å²) in [6.45, 7) is 0.913. The van der Waals surface area contributed by atoms with Crippen molar-refractivity contribution in [1.82, 2.24) is 5.32 Å². The van der Waals surface area contributed by atoms with Crippen molar-refractivity contribution in [3.05, 3.63) is 90.0 Å². The van der Waals surface area contributed by atoms with Crippen LogP contribution in [0.4, 0.5) is 11.4 Å². The van der Waals surface area contributed by atoms with Gasteiger partial charge in [-0.2, -0.15) is 0 Å². The van der Waals surface area contributed by atoms with E-state index in [0.29, 0.717) is 35.8 Å². The number of carbonyl (C=O) groups excluding carboxylic acids is 2. The van der Waals surface area contributed by atoms with E-state index in [9.17, 15) is 9.59 Å². The fourth-order valence-electron chi connectivity index (χ4n) is 2.98. The van der Waals surface area contributed by atoms with Crippen molar-refractivity contribution >= 4 is 40.5 Å². The Morgan fingerprint density at radius 1 is 0.909 bits per heavy atom. The van der Waals surface area contributed by atoms with Gasteiger partial charge in [-0.1, -0.05) is 24.3 Å². The van der Waals surface area contributed by atoms with Crippen molar-refractivity contribution in [3.8, 4) is 5.75 Å². The zero-order valence-electron chi connectivity index (χ0n) is 18.4. The Hall–Kier alpha value is -3.75. The number of ether oxygens (including phenoxy) is 2. The molecule has 0 saturated carbocycles. The number of para-hydroxylation sites is 1. The van der Waals surface area contributed by atoms with Crippen LogP contribution in [0.3, 0.4) is 0 Å². The summed E-state index contributed by atoms with van der Waals surface area (Å²) in [6, 6.07) is 23.0. The minimum atomic E-state index is -0.355. The number of rotatable bonds is 8. The summed E-state index contributed by atoms with van der Waals surface area (Å²) in [7, 11) is 3.32. The number of hydrogen-bond donors (Lipinski definition) is 2. The van der Waals surface area contributed by atoms with Crippen molar-refractivity contribution in [3.63, 3.8) is 0 Å². The normalized spacial score (nSPS) is 10.2. The van der Waals surface area contributed by atoms with Gasteiger partial charge in [0.25, 0.3) is 11.8 Å². The number of carbonyl (C=O) groups is 2. The highest BCUT2D eigenvalue weighted by molar-refractivity contribution is 7.80. The van der Waals surface area contributed by atoms with E-state index < -0.39 is 0 Å². The number of anilines is 2. The van der Waals surface area contributed by atoms with Crippen molar-refractivity contribution < 1.29 is 19.1 Å². The van der Waals surface area contributed by atoms with Crippen LogP contribution in [0.5, 0.6) is 5.75 Å². The number of hydrogen-bond acceptors (Lipinski definition) is 5. The molecule has 2 amide bonds. The molecule has 0 radical (unpaired) electrons. The van der Waals surface area contributed by atoms with Gasteiger partial charge in [0.1, 0.15) is 12.4 Å². The van der Waals surface area contributed by atoms with E-state index in [4.69, 9.17) is 21.7 Å². The largest absolute Gasteiger partial charge is 0.491 e. The molecule has 0 aliphatic heterocycles. The van der Waals surface area contributed by atoms with Crippen LogP contribution in [-0.2, 0) is 4.74 Å². The van der Waals surface area contributed by atoms with E-state index in [1.54, 1.807) is 67.6 Å². The molecule has 3 aromatic rings. The van der Waals surface area contributed by atoms with Gasteiger partial charge in [0.15, 0.2) is 5.11 Å². The average molecular weight is 464 g/mol. The molecule has 0 aliphatic rings. The molecular weight excluding hydrogens is 438 g/mol. The van der Waals surface area contributed by atoms with Crippen LogP contribution in [0.15, 0.2) is 78.9 Å². The van der Waals surface area contributed by atoms with Crippen LogP contribution in [-0.4, -0.2) is 44.3 Å². The molecular formula is C25H25N3O4S. The maximum absolute atomic E-state index is 12.8. The van der Waals surface area contributed by atoms with E-state index in [2.05, 4.69) is 10.6 Å². The highest BCUT2D eigenvalue weighted by Gasteiger charge is 2.14. The minimum Gasteiger partial charge on any atom is -0.491 e. The fourth-order valence-corrected chi connectivity index (χ4v) is 3.19. The monoisotopic (exact) mass is 463 g/mol. The first-order chi connectivity index (χ1) is 16.0. The lowest BCUT2D eigenvalue weighted by molar-refractivity contribution is 0.0974. The summed E-state index contributed by atoms with van der Waals surface area (Å²) in [6.07, 6.45) is 0. The Balaban J connectivity index is 1.58. The quantitative estimate of drug-likeness (QED) is 0.387. The lowest BCUT2D eigenvalue weighted by Gasteiger charge is -2.18. The number of nitrogens with one attached hydrogen (secondary N) is 2. The first-order valence-corrected chi connectivity index (χ1v) is 10.7. The molecule has 0 aromatic heterocycles. The van der Waals surface area contributed by atoms with Crippen molar-refractivity contribution in [2.24, 2.45) is 0 Å². The predicted molar refractivity (Wildman–Crippen MR) is 133 cm³/mol. The predicted octanol–water partition coefficient (Wildman–Crippen LogP) is 4.12. The van der Waals surface area contributed by atoms with Crippen LogP contribution in [0, 0.1) is 0 Å². The molecule has 0 fully saturated rings. The Labute approximate surface area is 198 Å². The minimum absolute atomic E-state index is 0.126. The molecule has 2 N–H and O–H groups in total. The van der Waals surface area contributed by atoms with Crippen molar-refractivity contribution in [2.45, 2.75) is 0 Å². The third kappa shape index (κ3) is 6.86. The lowest BCUT2D eigenvalue weighted by Crippen LogP contribution is -2.34.